The van der Waals surface area contributed by atoms with Crippen molar-refractivity contribution in [3.05, 3.63) is 35.9 Å². The van der Waals surface area contributed by atoms with Gasteiger partial charge in [0.25, 0.3) is 0 Å². The summed E-state index contributed by atoms with van der Waals surface area (Å²) in [6.45, 7) is 8.22. The second kappa shape index (κ2) is 7.55. The lowest BCUT2D eigenvalue weighted by Gasteiger charge is -2.21. The van der Waals surface area contributed by atoms with Gasteiger partial charge in [-0.3, -0.25) is 4.90 Å². The Balaban J connectivity index is 1.68. The minimum atomic E-state index is 0.931. The molecule has 0 aliphatic carbocycles. The fourth-order valence-corrected chi connectivity index (χ4v) is 2.75. The van der Waals surface area contributed by atoms with E-state index in [2.05, 4.69) is 47.5 Å². The lowest BCUT2D eigenvalue weighted by atomic mass is 10.0. The minimum Gasteiger partial charge on any atom is -0.316 e. The van der Waals surface area contributed by atoms with Gasteiger partial charge in [-0.25, -0.2) is 0 Å². The zero-order valence-electron chi connectivity index (χ0n) is 11.6. The summed E-state index contributed by atoms with van der Waals surface area (Å²) in [6, 6.07) is 10.8. The maximum Gasteiger partial charge on any atom is 0.0233 e. The van der Waals surface area contributed by atoms with Crippen LogP contribution in [0.3, 0.4) is 0 Å². The molecule has 0 bridgehead atoms. The van der Waals surface area contributed by atoms with Crippen LogP contribution in [0.15, 0.2) is 30.3 Å². The highest BCUT2D eigenvalue weighted by Crippen LogP contribution is 2.15. The van der Waals surface area contributed by atoms with E-state index in [9.17, 15) is 0 Å². The molecule has 2 rings (SSSR count). The van der Waals surface area contributed by atoms with Crippen molar-refractivity contribution in [2.45, 2.75) is 32.7 Å². The molecule has 0 aromatic heterocycles. The van der Waals surface area contributed by atoms with E-state index in [4.69, 9.17) is 0 Å². The molecular formula is C16H26N2. The van der Waals surface area contributed by atoms with Crippen molar-refractivity contribution in [3.63, 3.8) is 0 Å². The van der Waals surface area contributed by atoms with E-state index in [-0.39, 0.29) is 0 Å². The van der Waals surface area contributed by atoms with Gasteiger partial charge in [-0.05, 0) is 56.9 Å². The Morgan fingerprint density at radius 2 is 2.11 bits per heavy atom. The van der Waals surface area contributed by atoms with Crippen molar-refractivity contribution in [1.29, 1.82) is 0 Å². The number of benzene rings is 1. The van der Waals surface area contributed by atoms with Crippen LogP contribution in [0.1, 0.15) is 31.7 Å². The Morgan fingerprint density at radius 1 is 1.28 bits per heavy atom. The first-order valence-corrected chi connectivity index (χ1v) is 7.35. The van der Waals surface area contributed by atoms with Gasteiger partial charge < -0.3 is 5.32 Å². The van der Waals surface area contributed by atoms with Crippen LogP contribution in [-0.4, -0.2) is 31.1 Å². The van der Waals surface area contributed by atoms with Crippen LogP contribution in [0.2, 0.25) is 0 Å². The van der Waals surface area contributed by atoms with Crippen molar-refractivity contribution in [1.82, 2.24) is 10.2 Å². The predicted octanol–water partition coefficient (Wildman–Crippen LogP) is 2.90. The molecule has 18 heavy (non-hydrogen) atoms. The second-order valence-electron chi connectivity index (χ2n) is 5.36. The molecule has 1 fully saturated rings. The van der Waals surface area contributed by atoms with Crippen molar-refractivity contribution in [3.8, 4) is 0 Å². The van der Waals surface area contributed by atoms with Crippen LogP contribution >= 0.6 is 0 Å². The standard InChI is InChI=1S/C16H26N2/c1-2-18(14-16-7-4-3-5-8-16)12-6-9-15-10-11-17-13-15/h3-5,7-8,15,17H,2,6,9-14H2,1H3. The Hall–Kier alpha value is -0.860. The van der Waals surface area contributed by atoms with E-state index in [0.717, 1.165) is 19.0 Å². The minimum absolute atomic E-state index is 0.931. The highest BCUT2D eigenvalue weighted by molar-refractivity contribution is 5.14. The molecule has 100 valence electrons. The molecule has 1 aliphatic heterocycles. The molecule has 1 heterocycles. The highest BCUT2D eigenvalue weighted by atomic mass is 15.1. The second-order valence-corrected chi connectivity index (χ2v) is 5.36. The molecule has 2 nitrogen and oxygen atoms in total. The first kappa shape index (κ1) is 13.6. The Morgan fingerprint density at radius 3 is 2.78 bits per heavy atom. The third-order valence-electron chi connectivity index (χ3n) is 3.95. The van der Waals surface area contributed by atoms with Gasteiger partial charge in [0, 0.05) is 6.54 Å². The van der Waals surface area contributed by atoms with Crippen molar-refractivity contribution in [2.75, 3.05) is 26.2 Å². The molecule has 2 heteroatoms. The largest absolute Gasteiger partial charge is 0.316 e. The average molecular weight is 246 g/mol. The topological polar surface area (TPSA) is 15.3 Å². The summed E-state index contributed by atoms with van der Waals surface area (Å²) >= 11 is 0. The summed E-state index contributed by atoms with van der Waals surface area (Å²) in [7, 11) is 0. The van der Waals surface area contributed by atoms with E-state index in [1.54, 1.807) is 0 Å². The average Bonchev–Trinajstić information content (AvgIpc) is 2.92. The number of nitrogens with one attached hydrogen (secondary N) is 1. The number of hydrogen-bond acceptors (Lipinski definition) is 2. The van der Waals surface area contributed by atoms with Crippen molar-refractivity contribution >= 4 is 0 Å². The number of nitrogens with zero attached hydrogens (tertiary/aromatic N) is 1. The molecule has 0 saturated carbocycles. The van der Waals surface area contributed by atoms with Crippen LogP contribution in [-0.2, 0) is 6.54 Å². The first-order chi connectivity index (χ1) is 8.88. The third kappa shape index (κ3) is 4.43. The van der Waals surface area contributed by atoms with Crippen LogP contribution in [0.5, 0.6) is 0 Å². The summed E-state index contributed by atoms with van der Waals surface area (Å²) < 4.78 is 0. The fraction of sp³-hybridized carbons (Fsp3) is 0.625. The van der Waals surface area contributed by atoms with E-state index < -0.39 is 0 Å². The van der Waals surface area contributed by atoms with Gasteiger partial charge in [-0.2, -0.15) is 0 Å². The van der Waals surface area contributed by atoms with Gasteiger partial charge in [-0.15, -0.1) is 0 Å². The van der Waals surface area contributed by atoms with Crippen LogP contribution in [0.25, 0.3) is 0 Å². The van der Waals surface area contributed by atoms with E-state index >= 15 is 0 Å². The lowest BCUT2D eigenvalue weighted by molar-refractivity contribution is 0.266. The van der Waals surface area contributed by atoms with Gasteiger partial charge in [0.2, 0.25) is 0 Å². The maximum atomic E-state index is 3.45. The molecule has 1 N–H and O–H groups in total. The summed E-state index contributed by atoms with van der Waals surface area (Å²) in [5.41, 5.74) is 1.43. The summed E-state index contributed by atoms with van der Waals surface area (Å²) in [4.78, 5) is 2.55. The Bertz CT molecular complexity index is 317. The monoisotopic (exact) mass is 246 g/mol. The quantitative estimate of drug-likeness (QED) is 0.796. The molecule has 1 aromatic rings. The smallest absolute Gasteiger partial charge is 0.0233 e. The van der Waals surface area contributed by atoms with Crippen LogP contribution < -0.4 is 5.32 Å². The van der Waals surface area contributed by atoms with E-state index in [1.807, 2.05) is 0 Å². The summed E-state index contributed by atoms with van der Waals surface area (Å²) in [5.74, 6) is 0.931. The molecule has 0 spiro atoms. The lowest BCUT2D eigenvalue weighted by Crippen LogP contribution is -2.24. The SMILES string of the molecule is CCN(CCCC1CCNC1)Cc1ccccc1. The van der Waals surface area contributed by atoms with Gasteiger partial charge >= 0.3 is 0 Å². The van der Waals surface area contributed by atoms with Crippen molar-refractivity contribution < 1.29 is 0 Å². The number of rotatable bonds is 7. The molecule has 1 aliphatic rings. The maximum absolute atomic E-state index is 3.45. The molecular weight excluding hydrogens is 220 g/mol. The summed E-state index contributed by atoms with van der Waals surface area (Å²) in [6.07, 6.45) is 4.11. The molecule has 0 amide bonds. The zero-order valence-corrected chi connectivity index (χ0v) is 11.6. The van der Waals surface area contributed by atoms with E-state index in [1.165, 1.54) is 44.5 Å². The molecule has 0 radical (unpaired) electrons. The Labute approximate surface area is 111 Å². The predicted molar refractivity (Wildman–Crippen MR) is 77.6 cm³/mol. The summed E-state index contributed by atoms with van der Waals surface area (Å²) in [5, 5.41) is 3.45. The van der Waals surface area contributed by atoms with E-state index in [0.29, 0.717) is 0 Å². The first-order valence-electron chi connectivity index (χ1n) is 7.35. The van der Waals surface area contributed by atoms with Gasteiger partial charge in [0.05, 0.1) is 0 Å². The van der Waals surface area contributed by atoms with Gasteiger partial charge in [0.15, 0.2) is 0 Å². The zero-order chi connectivity index (χ0) is 12.6. The van der Waals surface area contributed by atoms with Gasteiger partial charge in [0.1, 0.15) is 0 Å². The molecule has 1 saturated heterocycles. The molecule has 1 aromatic carbocycles. The molecule has 1 unspecified atom stereocenters. The normalized spacial score (nSPS) is 19.6. The van der Waals surface area contributed by atoms with Crippen LogP contribution in [0.4, 0.5) is 0 Å². The van der Waals surface area contributed by atoms with Gasteiger partial charge in [-0.1, -0.05) is 37.3 Å². The third-order valence-corrected chi connectivity index (χ3v) is 3.95. The van der Waals surface area contributed by atoms with Crippen LogP contribution in [0, 0.1) is 5.92 Å². The highest BCUT2D eigenvalue weighted by Gasteiger charge is 2.14. The Kier molecular flexibility index (Phi) is 5.69. The fourth-order valence-electron chi connectivity index (χ4n) is 2.75. The molecule has 1 atom stereocenters. The van der Waals surface area contributed by atoms with Crippen molar-refractivity contribution in [2.24, 2.45) is 5.92 Å². The number of hydrogen-bond donors (Lipinski definition) is 1.